The van der Waals surface area contributed by atoms with Crippen LogP contribution in [0.5, 0.6) is 5.75 Å². The van der Waals surface area contributed by atoms with Gasteiger partial charge in [0, 0.05) is 29.4 Å². The van der Waals surface area contributed by atoms with Crippen molar-refractivity contribution in [1.82, 2.24) is 10.3 Å². The zero-order valence-corrected chi connectivity index (χ0v) is 12.2. The van der Waals surface area contributed by atoms with Gasteiger partial charge in [0.1, 0.15) is 5.75 Å². The molecule has 102 valence electrons. The summed E-state index contributed by atoms with van der Waals surface area (Å²) >= 11 is 0. The molecule has 0 amide bonds. The third-order valence-corrected chi connectivity index (χ3v) is 3.51. The number of pyridine rings is 1. The van der Waals surface area contributed by atoms with Crippen molar-refractivity contribution >= 4 is 0 Å². The molecule has 0 aliphatic rings. The lowest BCUT2D eigenvalue weighted by atomic mass is 9.98. The Morgan fingerprint density at radius 3 is 2.56 bits per heavy atom. The Balaban J connectivity index is 2.87. The Morgan fingerprint density at radius 1 is 1.44 bits per heavy atom. The smallest absolute Gasteiger partial charge is 0.128 e. The van der Waals surface area contributed by atoms with Gasteiger partial charge in [-0.15, -0.1) is 0 Å². The van der Waals surface area contributed by atoms with Crippen molar-refractivity contribution in [2.75, 3.05) is 7.11 Å². The third kappa shape index (κ3) is 3.21. The zero-order valence-electron chi connectivity index (χ0n) is 12.2. The first-order chi connectivity index (χ1) is 8.29. The molecule has 1 aromatic heterocycles. The fraction of sp³-hybridized carbons (Fsp3) is 0.643. The third-order valence-electron chi connectivity index (χ3n) is 3.51. The normalized spacial score (nSPS) is 13.5. The molecule has 0 spiro atoms. The first-order valence-electron chi connectivity index (χ1n) is 6.21. The summed E-state index contributed by atoms with van der Waals surface area (Å²) in [5.41, 5.74) is 2.69. The van der Waals surface area contributed by atoms with E-state index in [2.05, 4.69) is 10.3 Å². The van der Waals surface area contributed by atoms with Gasteiger partial charge in [-0.25, -0.2) is 0 Å². The van der Waals surface area contributed by atoms with Crippen LogP contribution in [0, 0.1) is 13.8 Å². The summed E-state index contributed by atoms with van der Waals surface area (Å²) in [4.78, 5) is 4.42. The van der Waals surface area contributed by atoms with Crippen LogP contribution < -0.4 is 10.1 Å². The predicted molar refractivity (Wildman–Crippen MR) is 72.9 cm³/mol. The molecule has 0 aliphatic heterocycles. The summed E-state index contributed by atoms with van der Waals surface area (Å²) in [6.45, 7) is 10.3. The van der Waals surface area contributed by atoms with Crippen molar-refractivity contribution in [1.29, 1.82) is 0 Å². The molecular formula is C14H24N2O2. The van der Waals surface area contributed by atoms with Gasteiger partial charge < -0.3 is 15.2 Å². The SMILES string of the molecule is COc1c(C)cnc(CNC(C)(C)C(C)O)c1C. The summed E-state index contributed by atoms with van der Waals surface area (Å²) in [5.74, 6) is 0.886. The maximum absolute atomic E-state index is 9.66. The van der Waals surface area contributed by atoms with Crippen LogP contribution in [0.25, 0.3) is 0 Å². The lowest BCUT2D eigenvalue weighted by molar-refractivity contribution is 0.0953. The van der Waals surface area contributed by atoms with Crippen LogP contribution in [0.3, 0.4) is 0 Å². The number of hydrogen-bond acceptors (Lipinski definition) is 4. The van der Waals surface area contributed by atoms with Crippen molar-refractivity contribution in [2.45, 2.75) is 52.8 Å². The molecule has 0 bridgehead atoms. The van der Waals surface area contributed by atoms with E-state index in [1.165, 1.54) is 0 Å². The Bertz CT molecular complexity index is 415. The van der Waals surface area contributed by atoms with Crippen LogP contribution in [0.15, 0.2) is 6.20 Å². The van der Waals surface area contributed by atoms with Crippen molar-refractivity contribution in [2.24, 2.45) is 0 Å². The fourth-order valence-corrected chi connectivity index (χ4v) is 1.71. The minimum Gasteiger partial charge on any atom is -0.496 e. The van der Waals surface area contributed by atoms with Crippen molar-refractivity contribution < 1.29 is 9.84 Å². The van der Waals surface area contributed by atoms with E-state index in [-0.39, 0.29) is 5.54 Å². The van der Waals surface area contributed by atoms with Crippen molar-refractivity contribution in [3.8, 4) is 5.75 Å². The lowest BCUT2D eigenvalue weighted by Crippen LogP contribution is -2.47. The van der Waals surface area contributed by atoms with Gasteiger partial charge in [-0.05, 0) is 34.6 Å². The van der Waals surface area contributed by atoms with Gasteiger partial charge >= 0.3 is 0 Å². The Kier molecular flexibility index (Phi) is 4.71. The predicted octanol–water partition coefficient (Wildman–Crippen LogP) is 1.96. The minimum absolute atomic E-state index is 0.341. The summed E-state index contributed by atoms with van der Waals surface area (Å²) in [6.07, 6.45) is 1.39. The highest BCUT2D eigenvalue weighted by Crippen LogP contribution is 2.24. The zero-order chi connectivity index (χ0) is 13.9. The van der Waals surface area contributed by atoms with E-state index in [0.29, 0.717) is 6.54 Å². The number of aryl methyl sites for hydroxylation is 1. The van der Waals surface area contributed by atoms with E-state index in [9.17, 15) is 5.11 Å². The molecule has 4 nitrogen and oxygen atoms in total. The second kappa shape index (κ2) is 5.67. The van der Waals surface area contributed by atoms with E-state index in [1.807, 2.05) is 33.9 Å². The maximum atomic E-state index is 9.66. The number of nitrogens with one attached hydrogen (secondary N) is 1. The summed E-state index contributed by atoms with van der Waals surface area (Å²) in [6, 6.07) is 0. The standard InChI is InChI=1S/C14H24N2O2/c1-9-7-15-12(10(2)13(9)18-6)8-16-14(4,5)11(3)17/h7,11,16-17H,8H2,1-6H3. The molecule has 0 aromatic carbocycles. The Morgan fingerprint density at radius 2 is 2.06 bits per heavy atom. The number of hydrogen-bond donors (Lipinski definition) is 2. The number of ether oxygens (including phenoxy) is 1. The van der Waals surface area contributed by atoms with Crippen molar-refractivity contribution in [3.05, 3.63) is 23.0 Å². The molecule has 0 aliphatic carbocycles. The van der Waals surface area contributed by atoms with Gasteiger partial charge in [0.05, 0.1) is 18.9 Å². The van der Waals surface area contributed by atoms with Gasteiger partial charge in [-0.1, -0.05) is 0 Å². The second-order valence-electron chi connectivity index (χ2n) is 5.30. The molecule has 0 fully saturated rings. The molecule has 0 saturated carbocycles. The highest BCUT2D eigenvalue weighted by Gasteiger charge is 2.23. The molecule has 1 unspecified atom stereocenters. The van der Waals surface area contributed by atoms with Gasteiger partial charge in [0.15, 0.2) is 0 Å². The summed E-state index contributed by atoms with van der Waals surface area (Å²) in [7, 11) is 1.67. The number of rotatable bonds is 5. The van der Waals surface area contributed by atoms with E-state index >= 15 is 0 Å². The molecule has 18 heavy (non-hydrogen) atoms. The lowest BCUT2D eigenvalue weighted by Gasteiger charge is -2.29. The molecule has 2 N–H and O–H groups in total. The molecule has 4 heteroatoms. The Labute approximate surface area is 109 Å². The largest absolute Gasteiger partial charge is 0.496 e. The average Bonchev–Trinajstić information content (AvgIpc) is 2.28. The number of nitrogens with zero attached hydrogens (tertiary/aromatic N) is 1. The van der Waals surface area contributed by atoms with Crippen LogP contribution in [0.1, 0.15) is 37.6 Å². The van der Waals surface area contributed by atoms with E-state index in [4.69, 9.17) is 4.74 Å². The van der Waals surface area contributed by atoms with E-state index in [1.54, 1.807) is 14.0 Å². The van der Waals surface area contributed by atoms with Crippen LogP contribution in [0.2, 0.25) is 0 Å². The summed E-state index contributed by atoms with van der Waals surface area (Å²) < 4.78 is 5.38. The highest BCUT2D eigenvalue weighted by atomic mass is 16.5. The van der Waals surface area contributed by atoms with Gasteiger partial charge in [-0.3, -0.25) is 4.98 Å². The van der Waals surface area contributed by atoms with Gasteiger partial charge in [0.25, 0.3) is 0 Å². The van der Waals surface area contributed by atoms with Gasteiger partial charge in [-0.2, -0.15) is 0 Å². The molecule has 1 aromatic rings. The molecule has 0 radical (unpaired) electrons. The second-order valence-corrected chi connectivity index (χ2v) is 5.30. The first kappa shape index (κ1) is 14.9. The average molecular weight is 252 g/mol. The Hall–Kier alpha value is -1.13. The number of methoxy groups -OCH3 is 1. The molecule has 1 rings (SSSR count). The number of aliphatic hydroxyl groups is 1. The minimum atomic E-state index is -0.426. The molecule has 0 saturated heterocycles. The fourth-order valence-electron chi connectivity index (χ4n) is 1.71. The van der Waals surface area contributed by atoms with E-state index < -0.39 is 6.10 Å². The molecule has 1 atom stereocenters. The van der Waals surface area contributed by atoms with Crippen LogP contribution in [-0.2, 0) is 6.54 Å². The quantitative estimate of drug-likeness (QED) is 0.841. The molecule has 1 heterocycles. The van der Waals surface area contributed by atoms with Crippen LogP contribution in [-0.4, -0.2) is 28.8 Å². The monoisotopic (exact) mass is 252 g/mol. The molecular weight excluding hydrogens is 228 g/mol. The summed E-state index contributed by atoms with van der Waals surface area (Å²) in [5, 5.41) is 13.0. The maximum Gasteiger partial charge on any atom is 0.128 e. The van der Waals surface area contributed by atoms with Gasteiger partial charge in [0.2, 0.25) is 0 Å². The van der Waals surface area contributed by atoms with Crippen LogP contribution in [0.4, 0.5) is 0 Å². The highest BCUT2D eigenvalue weighted by molar-refractivity contribution is 5.41. The van der Waals surface area contributed by atoms with Crippen molar-refractivity contribution in [3.63, 3.8) is 0 Å². The van der Waals surface area contributed by atoms with Crippen LogP contribution >= 0.6 is 0 Å². The number of aliphatic hydroxyl groups excluding tert-OH is 1. The van der Waals surface area contributed by atoms with E-state index in [0.717, 1.165) is 22.6 Å². The first-order valence-corrected chi connectivity index (χ1v) is 6.21. The topological polar surface area (TPSA) is 54.4 Å². The number of aromatic nitrogens is 1.